The Bertz CT molecular complexity index is 439. The molecule has 0 spiro atoms. The maximum Gasteiger partial charge on any atom is 0.137 e. The Morgan fingerprint density at radius 2 is 1.91 bits per heavy atom. The molecular formula is C16H29N5O. The molecule has 6 heteroatoms. The van der Waals surface area contributed by atoms with Crippen LogP contribution in [0, 0.1) is 5.92 Å². The van der Waals surface area contributed by atoms with Gasteiger partial charge in [-0.3, -0.25) is 9.58 Å². The van der Waals surface area contributed by atoms with Gasteiger partial charge in [-0.25, -0.2) is 4.98 Å². The molecule has 1 aromatic heterocycles. The van der Waals surface area contributed by atoms with Crippen molar-refractivity contribution in [3.05, 3.63) is 12.7 Å². The van der Waals surface area contributed by atoms with Gasteiger partial charge in [0.15, 0.2) is 0 Å². The normalized spacial score (nSPS) is 27.1. The van der Waals surface area contributed by atoms with E-state index in [9.17, 15) is 0 Å². The summed E-state index contributed by atoms with van der Waals surface area (Å²) in [4.78, 5) is 9.16. The number of hydrogen-bond donors (Lipinski definition) is 0. The van der Waals surface area contributed by atoms with E-state index in [-0.39, 0.29) is 5.60 Å². The van der Waals surface area contributed by atoms with Crippen molar-refractivity contribution < 1.29 is 4.74 Å². The lowest BCUT2D eigenvalue weighted by atomic mass is 9.88. The number of hydrogen-bond acceptors (Lipinski definition) is 5. The van der Waals surface area contributed by atoms with Crippen molar-refractivity contribution >= 4 is 0 Å². The van der Waals surface area contributed by atoms with Gasteiger partial charge in [0.2, 0.25) is 0 Å². The Morgan fingerprint density at radius 1 is 1.14 bits per heavy atom. The summed E-state index contributed by atoms with van der Waals surface area (Å²) in [7, 11) is 0. The zero-order chi connectivity index (χ0) is 15.4. The molecule has 22 heavy (non-hydrogen) atoms. The summed E-state index contributed by atoms with van der Waals surface area (Å²) < 4.78 is 7.74. The van der Waals surface area contributed by atoms with E-state index in [0.717, 1.165) is 25.6 Å². The van der Waals surface area contributed by atoms with E-state index in [4.69, 9.17) is 4.74 Å². The molecule has 0 bridgehead atoms. The lowest BCUT2D eigenvalue weighted by Gasteiger charge is -2.40. The summed E-state index contributed by atoms with van der Waals surface area (Å²) in [6.07, 6.45) is 5.81. The summed E-state index contributed by atoms with van der Waals surface area (Å²) >= 11 is 0. The van der Waals surface area contributed by atoms with Gasteiger partial charge in [-0.05, 0) is 32.6 Å². The minimum Gasteiger partial charge on any atom is -0.376 e. The average molecular weight is 307 g/mol. The summed E-state index contributed by atoms with van der Waals surface area (Å²) in [6, 6.07) is 0. The molecule has 3 heterocycles. The van der Waals surface area contributed by atoms with Crippen LogP contribution in [0.4, 0.5) is 0 Å². The lowest BCUT2D eigenvalue weighted by molar-refractivity contribution is -0.0781. The van der Waals surface area contributed by atoms with Crippen LogP contribution in [0.3, 0.4) is 0 Å². The molecule has 6 nitrogen and oxygen atoms in total. The van der Waals surface area contributed by atoms with Crippen LogP contribution in [0.5, 0.6) is 0 Å². The first-order valence-electron chi connectivity index (χ1n) is 8.52. The van der Waals surface area contributed by atoms with Crippen molar-refractivity contribution in [1.29, 1.82) is 0 Å². The maximum atomic E-state index is 5.83. The maximum absolute atomic E-state index is 5.83. The van der Waals surface area contributed by atoms with E-state index in [1.807, 2.05) is 4.68 Å². The molecule has 0 amide bonds. The van der Waals surface area contributed by atoms with Crippen LogP contribution < -0.4 is 0 Å². The largest absolute Gasteiger partial charge is 0.376 e. The summed E-state index contributed by atoms with van der Waals surface area (Å²) in [5.41, 5.74) is 0.0720. The van der Waals surface area contributed by atoms with Crippen LogP contribution in [0.2, 0.25) is 0 Å². The fourth-order valence-corrected chi connectivity index (χ4v) is 3.67. The highest BCUT2D eigenvalue weighted by molar-refractivity contribution is 4.82. The molecule has 1 atom stereocenters. The minimum absolute atomic E-state index is 0.0720. The zero-order valence-corrected chi connectivity index (χ0v) is 13.9. The van der Waals surface area contributed by atoms with E-state index in [1.54, 1.807) is 12.7 Å². The lowest BCUT2D eigenvalue weighted by Crippen LogP contribution is -2.49. The molecule has 0 aliphatic carbocycles. The van der Waals surface area contributed by atoms with E-state index in [2.05, 4.69) is 33.7 Å². The molecule has 2 fully saturated rings. The van der Waals surface area contributed by atoms with Crippen LogP contribution in [0.1, 0.15) is 26.7 Å². The van der Waals surface area contributed by atoms with Gasteiger partial charge in [0.1, 0.15) is 12.7 Å². The first-order chi connectivity index (χ1) is 10.6. The molecule has 124 valence electrons. The Labute approximate surface area is 133 Å². The third-order valence-electron chi connectivity index (χ3n) is 4.89. The number of nitrogens with zero attached hydrogens (tertiary/aromatic N) is 5. The summed E-state index contributed by atoms with van der Waals surface area (Å²) in [6.45, 7) is 13.3. The van der Waals surface area contributed by atoms with E-state index in [0.29, 0.717) is 0 Å². The van der Waals surface area contributed by atoms with Crippen LogP contribution in [0.15, 0.2) is 12.7 Å². The highest BCUT2D eigenvalue weighted by Gasteiger charge is 2.30. The van der Waals surface area contributed by atoms with Crippen molar-refractivity contribution in [2.24, 2.45) is 5.92 Å². The molecule has 1 aromatic rings. The second kappa shape index (κ2) is 7.06. The van der Waals surface area contributed by atoms with Gasteiger partial charge in [0, 0.05) is 45.9 Å². The highest BCUT2D eigenvalue weighted by atomic mass is 16.5. The van der Waals surface area contributed by atoms with Gasteiger partial charge < -0.3 is 9.64 Å². The molecule has 3 rings (SSSR count). The molecule has 2 aliphatic rings. The number of aromatic nitrogens is 3. The van der Waals surface area contributed by atoms with Crippen molar-refractivity contribution in [1.82, 2.24) is 24.6 Å². The molecule has 2 aliphatic heterocycles. The zero-order valence-electron chi connectivity index (χ0n) is 13.9. The first kappa shape index (κ1) is 15.9. The molecular weight excluding hydrogens is 278 g/mol. The number of ether oxygens (including phenoxy) is 1. The van der Waals surface area contributed by atoms with Gasteiger partial charge >= 0.3 is 0 Å². The minimum atomic E-state index is 0.0720. The SMILES string of the molecule is CC1(C)C[C@H](CN2CCN(CCn3cncn3)CC2)CCO1. The van der Waals surface area contributed by atoms with Crippen molar-refractivity contribution in [2.45, 2.75) is 38.8 Å². The molecule has 0 saturated carbocycles. The number of piperazine rings is 1. The Morgan fingerprint density at radius 3 is 2.59 bits per heavy atom. The molecule has 0 aromatic carbocycles. The first-order valence-corrected chi connectivity index (χ1v) is 8.52. The fourth-order valence-electron chi connectivity index (χ4n) is 3.67. The smallest absolute Gasteiger partial charge is 0.137 e. The topological polar surface area (TPSA) is 46.4 Å². The van der Waals surface area contributed by atoms with Crippen molar-refractivity contribution in [3.63, 3.8) is 0 Å². The molecule has 0 unspecified atom stereocenters. The summed E-state index contributed by atoms with van der Waals surface area (Å²) in [5.74, 6) is 0.797. The second-order valence-electron chi connectivity index (χ2n) is 7.27. The standard InChI is InChI=1S/C16H29N5O/c1-16(2)11-15(3-10-22-16)12-20-6-4-19(5-7-20)8-9-21-14-17-13-18-21/h13-15H,3-12H2,1-2H3/t15-/m1/s1. The quantitative estimate of drug-likeness (QED) is 0.815. The molecule has 0 radical (unpaired) electrons. The van der Waals surface area contributed by atoms with E-state index >= 15 is 0 Å². The third kappa shape index (κ3) is 4.51. The van der Waals surface area contributed by atoms with Crippen LogP contribution in [-0.4, -0.2) is 76.0 Å². The third-order valence-corrected chi connectivity index (χ3v) is 4.89. The van der Waals surface area contributed by atoms with E-state index in [1.165, 1.54) is 45.6 Å². The molecule has 0 N–H and O–H groups in total. The van der Waals surface area contributed by atoms with Crippen molar-refractivity contribution in [2.75, 3.05) is 45.9 Å². The van der Waals surface area contributed by atoms with Gasteiger partial charge in [-0.2, -0.15) is 5.10 Å². The molecule has 2 saturated heterocycles. The average Bonchev–Trinajstić information content (AvgIpc) is 2.99. The Kier molecular flexibility index (Phi) is 5.10. The highest BCUT2D eigenvalue weighted by Crippen LogP contribution is 2.29. The fraction of sp³-hybridized carbons (Fsp3) is 0.875. The predicted molar refractivity (Wildman–Crippen MR) is 85.7 cm³/mol. The second-order valence-corrected chi connectivity index (χ2v) is 7.27. The summed E-state index contributed by atoms with van der Waals surface area (Å²) in [5, 5.41) is 4.16. The number of rotatable bonds is 5. The van der Waals surface area contributed by atoms with Crippen LogP contribution in [-0.2, 0) is 11.3 Å². The van der Waals surface area contributed by atoms with Gasteiger partial charge in [-0.15, -0.1) is 0 Å². The van der Waals surface area contributed by atoms with E-state index < -0.39 is 0 Å². The Balaban J connectivity index is 1.36. The predicted octanol–water partition coefficient (Wildman–Crippen LogP) is 1.10. The van der Waals surface area contributed by atoms with Crippen molar-refractivity contribution in [3.8, 4) is 0 Å². The van der Waals surface area contributed by atoms with Gasteiger partial charge in [0.05, 0.1) is 12.1 Å². The van der Waals surface area contributed by atoms with Crippen LogP contribution >= 0.6 is 0 Å². The van der Waals surface area contributed by atoms with Gasteiger partial charge in [0.25, 0.3) is 0 Å². The van der Waals surface area contributed by atoms with Gasteiger partial charge in [-0.1, -0.05) is 0 Å². The van der Waals surface area contributed by atoms with Crippen LogP contribution in [0.25, 0.3) is 0 Å². The Hall–Kier alpha value is -0.980. The monoisotopic (exact) mass is 307 g/mol.